The number of nitrogens with two attached hydrogens (primary N) is 1. The van der Waals surface area contributed by atoms with Gasteiger partial charge in [-0.1, -0.05) is 36.4 Å². The Balaban J connectivity index is 0.00000144. The van der Waals surface area contributed by atoms with Gasteiger partial charge in [0.1, 0.15) is 5.75 Å². The number of rotatable bonds is 3. The van der Waals surface area contributed by atoms with Crippen LogP contribution in [0.4, 0.5) is 0 Å². The molecule has 17 heavy (non-hydrogen) atoms. The molecular weight excluding hydrogens is 234 g/mol. The second-order valence-electron chi connectivity index (χ2n) is 3.66. The van der Waals surface area contributed by atoms with E-state index in [9.17, 15) is 0 Å². The molecule has 2 aromatic rings. The zero-order valence-corrected chi connectivity index (χ0v) is 10.5. The van der Waals surface area contributed by atoms with Crippen molar-refractivity contribution < 1.29 is 4.74 Å². The molecule has 0 fully saturated rings. The minimum atomic E-state index is -0.207. The smallest absolute Gasteiger partial charge is 0.124 e. The van der Waals surface area contributed by atoms with Crippen molar-refractivity contribution >= 4 is 23.2 Å². The molecule has 1 atom stereocenters. The van der Waals surface area contributed by atoms with Crippen LogP contribution < -0.4 is 10.5 Å². The van der Waals surface area contributed by atoms with Crippen molar-refractivity contribution in [2.24, 2.45) is 5.73 Å². The summed E-state index contributed by atoms with van der Waals surface area (Å²) in [5.74, 6) is 0.811. The van der Waals surface area contributed by atoms with Gasteiger partial charge in [-0.15, -0.1) is 19.0 Å². The van der Waals surface area contributed by atoms with Crippen LogP contribution in [0.5, 0.6) is 5.75 Å². The quantitative estimate of drug-likeness (QED) is 0.846. The summed E-state index contributed by atoms with van der Waals surface area (Å²) in [5, 5.41) is 2.28. The van der Waals surface area contributed by atoms with E-state index in [1.54, 1.807) is 13.2 Å². The van der Waals surface area contributed by atoms with E-state index in [4.69, 9.17) is 10.5 Å². The molecule has 0 spiro atoms. The number of benzene rings is 2. The highest BCUT2D eigenvalue weighted by Gasteiger charge is 2.12. The zero-order valence-electron chi connectivity index (χ0n) is 9.72. The van der Waals surface area contributed by atoms with E-state index in [1.807, 2.05) is 24.3 Å². The van der Waals surface area contributed by atoms with E-state index in [2.05, 4.69) is 18.7 Å². The Morgan fingerprint density at radius 2 is 1.94 bits per heavy atom. The molecule has 2 nitrogen and oxygen atoms in total. The fourth-order valence-corrected chi connectivity index (χ4v) is 1.92. The number of hydrogen-bond donors (Lipinski definition) is 1. The molecule has 0 heterocycles. The SMILES string of the molecule is C=C[C@@H](N)c1c(OC)ccc2ccccc12.Cl. The number of halogens is 1. The second-order valence-corrected chi connectivity index (χ2v) is 3.66. The van der Waals surface area contributed by atoms with Crippen molar-refractivity contribution in [1.82, 2.24) is 0 Å². The Morgan fingerprint density at radius 3 is 2.59 bits per heavy atom. The summed E-state index contributed by atoms with van der Waals surface area (Å²) in [6.45, 7) is 3.74. The van der Waals surface area contributed by atoms with Gasteiger partial charge in [-0.05, 0) is 16.8 Å². The first-order valence-electron chi connectivity index (χ1n) is 5.21. The van der Waals surface area contributed by atoms with Gasteiger partial charge in [0.05, 0.1) is 13.2 Å². The van der Waals surface area contributed by atoms with E-state index < -0.39 is 0 Å². The molecule has 0 aromatic heterocycles. The molecule has 0 aliphatic carbocycles. The lowest BCUT2D eigenvalue weighted by Crippen LogP contribution is -2.09. The van der Waals surface area contributed by atoms with Crippen LogP contribution in [0, 0.1) is 0 Å². The largest absolute Gasteiger partial charge is 0.496 e. The predicted octanol–water partition coefficient (Wildman–Crippen LogP) is 3.46. The maximum absolute atomic E-state index is 6.04. The molecule has 3 heteroatoms. The highest BCUT2D eigenvalue weighted by Crippen LogP contribution is 2.32. The summed E-state index contributed by atoms with van der Waals surface area (Å²) in [6, 6.07) is 11.9. The molecule has 90 valence electrons. The van der Waals surface area contributed by atoms with Gasteiger partial charge in [-0.25, -0.2) is 0 Å². The first-order chi connectivity index (χ1) is 7.77. The molecule has 2 rings (SSSR count). The third-order valence-corrected chi connectivity index (χ3v) is 2.74. The van der Waals surface area contributed by atoms with Gasteiger partial charge >= 0.3 is 0 Å². The van der Waals surface area contributed by atoms with Gasteiger partial charge in [0.2, 0.25) is 0 Å². The monoisotopic (exact) mass is 249 g/mol. The van der Waals surface area contributed by atoms with Crippen LogP contribution in [0.2, 0.25) is 0 Å². The number of hydrogen-bond acceptors (Lipinski definition) is 2. The van der Waals surface area contributed by atoms with Crippen LogP contribution in [0.1, 0.15) is 11.6 Å². The number of ether oxygens (including phenoxy) is 1. The fourth-order valence-electron chi connectivity index (χ4n) is 1.92. The lowest BCUT2D eigenvalue weighted by atomic mass is 9.98. The molecule has 0 saturated carbocycles. The summed E-state index contributed by atoms with van der Waals surface area (Å²) in [5.41, 5.74) is 7.03. The zero-order chi connectivity index (χ0) is 11.5. The van der Waals surface area contributed by atoms with Gasteiger partial charge < -0.3 is 10.5 Å². The van der Waals surface area contributed by atoms with Crippen LogP contribution in [0.3, 0.4) is 0 Å². The van der Waals surface area contributed by atoms with E-state index in [0.717, 1.165) is 22.1 Å². The minimum absolute atomic E-state index is 0. The second kappa shape index (κ2) is 5.71. The summed E-state index contributed by atoms with van der Waals surface area (Å²) in [7, 11) is 1.66. The fraction of sp³-hybridized carbons (Fsp3) is 0.143. The summed E-state index contributed by atoms with van der Waals surface area (Å²) in [6.07, 6.45) is 1.73. The lowest BCUT2D eigenvalue weighted by Gasteiger charge is -2.15. The highest BCUT2D eigenvalue weighted by atomic mass is 35.5. The van der Waals surface area contributed by atoms with Gasteiger partial charge in [0, 0.05) is 5.56 Å². The standard InChI is InChI=1S/C14H15NO.ClH/c1-3-12(15)14-11-7-5-4-6-10(11)8-9-13(14)16-2;/h3-9,12H,1,15H2,2H3;1H/t12-;/m1./s1. The summed E-state index contributed by atoms with van der Waals surface area (Å²) < 4.78 is 5.35. The van der Waals surface area contributed by atoms with Crippen molar-refractivity contribution in [2.45, 2.75) is 6.04 Å². The van der Waals surface area contributed by atoms with E-state index in [0.29, 0.717) is 0 Å². The van der Waals surface area contributed by atoms with Crippen LogP contribution in [-0.4, -0.2) is 7.11 Å². The van der Waals surface area contributed by atoms with Crippen molar-refractivity contribution in [3.8, 4) is 5.75 Å². The van der Waals surface area contributed by atoms with Crippen LogP contribution in [0.25, 0.3) is 10.8 Å². The van der Waals surface area contributed by atoms with E-state index >= 15 is 0 Å². The molecule has 2 aromatic carbocycles. The maximum Gasteiger partial charge on any atom is 0.124 e. The predicted molar refractivity (Wildman–Crippen MR) is 74.9 cm³/mol. The minimum Gasteiger partial charge on any atom is -0.496 e. The molecular formula is C14H16ClNO. The van der Waals surface area contributed by atoms with Crippen LogP contribution in [0.15, 0.2) is 49.1 Å². The van der Waals surface area contributed by atoms with Crippen LogP contribution >= 0.6 is 12.4 Å². The third kappa shape index (κ3) is 2.43. The van der Waals surface area contributed by atoms with Gasteiger partial charge in [-0.3, -0.25) is 0 Å². The third-order valence-electron chi connectivity index (χ3n) is 2.74. The lowest BCUT2D eigenvalue weighted by molar-refractivity contribution is 0.409. The van der Waals surface area contributed by atoms with E-state index in [-0.39, 0.29) is 18.4 Å². The average molecular weight is 250 g/mol. The van der Waals surface area contributed by atoms with Crippen molar-refractivity contribution in [3.05, 3.63) is 54.6 Å². The van der Waals surface area contributed by atoms with Crippen LogP contribution in [-0.2, 0) is 0 Å². The van der Waals surface area contributed by atoms with Crippen molar-refractivity contribution in [3.63, 3.8) is 0 Å². The molecule has 0 aliphatic rings. The normalized spacial score (nSPS) is 11.6. The van der Waals surface area contributed by atoms with Gasteiger partial charge in [0.25, 0.3) is 0 Å². The molecule has 2 N–H and O–H groups in total. The molecule has 0 unspecified atom stereocenters. The topological polar surface area (TPSA) is 35.2 Å². The van der Waals surface area contributed by atoms with Gasteiger partial charge in [-0.2, -0.15) is 0 Å². The summed E-state index contributed by atoms with van der Waals surface area (Å²) >= 11 is 0. The molecule has 0 amide bonds. The molecule has 0 bridgehead atoms. The molecule has 0 radical (unpaired) electrons. The Bertz CT molecular complexity index is 525. The van der Waals surface area contributed by atoms with Gasteiger partial charge in [0.15, 0.2) is 0 Å². The number of methoxy groups -OCH3 is 1. The first-order valence-corrected chi connectivity index (χ1v) is 5.21. The highest BCUT2D eigenvalue weighted by molar-refractivity contribution is 5.88. The molecule has 0 aliphatic heterocycles. The average Bonchev–Trinajstić information content (AvgIpc) is 2.36. The van der Waals surface area contributed by atoms with Crippen molar-refractivity contribution in [2.75, 3.05) is 7.11 Å². The first kappa shape index (κ1) is 13.6. The maximum atomic E-state index is 6.04. The Labute approximate surface area is 107 Å². The van der Waals surface area contributed by atoms with E-state index in [1.165, 1.54) is 0 Å². The molecule has 0 saturated heterocycles. The van der Waals surface area contributed by atoms with Crippen molar-refractivity contribution in [1.29, 1.82) is 0 Å². The Kier molecular flexibility index (Phi) is 4.55. The Hall–Kier alpha value is -1.51. The summed E-state index contributed by atoms with van der Waals surface area (Å²) in [4.78, 5) is 0. The number of fused-ring (bicyclic) bond motifs is 1. The Morgan fingerprint density at radius 1 is 1.24 bits per heavy atom.